The van der Waals surface area contributed by atoms with Crippen LogP contribution in [0.3, 0.4) is 0 Å². The van der Waals surface area contributed by atoms with Crippen molar-refractivity contribution in [2.24, 2.45) is 7.05 Å². The highest BCUT2D eigenvalue weighted by atomic mass is 15.3. The summed E-state index contributed by atoms with van der Waals surface area (Å²) < 4.78 is 1.90. The molecule has 14 heavy (non-hydrogen) atoms. The fourth-order valence-electron chi connectivity index (χ4n) is 2.01. The minimum Gasteiger partial charge on any atom is -0.250 e. The van der Waals surface area contributed by atoms with Crippen LogP contribution in [0.15, 0.2) is 12.3 Å². The normalized spacial score (nSPS) is 16.4. The molecule has 0 spiro atoms. The second-order valence-corrected chi connectivity index (χ2v) is 4.11. The van der Waals surface area contributed by atoms with Gasteiger partial charge in [0.05, 0.1) is 5.69 Å². The first kappa shape index (κ1) is 7.97. The van der Waals surface area contributed by atoms with E-state index < -0.39 is 0 Å². The fourth-order valence-corrected chi connectivity index (χ4v) is 2.01. The van der Waals surface area contributed by atoms with Crippen LogP contribution in [-0.2, 0) is 7.05 Å². The zero-order valence-electron chi connectivity index (χ0n) is 8.49. The summed E-state index contributed by atoms with van der Waals surface area (Å²) in [5.74, 6) is 0.696. The highest BCUT2D eigenvalue weighted by Crippen LogP contribution is 2.42. The lowest BCUT2D eigenvalue weighted by atomic mass is 10.1. The van der Waals surface area contributed by atoms with Crippen molar-refractivity contribution in [1.82, 2.24) is 14.8 Å². The molecule has 1 aliphatic carbocycles. The van der Waals surface area contributed by atoms with E-state index in [0.29, 0.717) is 5.92 Å². The molecule has 1 fully saturated rings. The lowest BCUT2D eigenvalue weighted by molar-refractivity contribution is 0.759. The number of aromatic nitrogens is 3. The molecule has 0 radical (unpaired) electrons. The number of pyridine rings is 1. The van der Waals surface area contributed by atoms with E-state index in [1.165, 1.54) is 29.5 Å². The van der Waals surface area contributed by atoms with Crippen molar-refractivity contribution in [3.8, 4) is 0 Å². The number of aryl methyl sites for hydroxylation is 2. The molecule has 3 rings (SSSR count). The Morgan fingerprint density at radius 1 is 1.43 bits per heavy atom. The molecule has 72 valence electrons. The van der Waals surface area contributed by atoms with E-state index in [-0.39, 0.29) is 0 Å². The van der Waals surface area contributed by atoms with Gasteiger partial charge in [0.15, 0.2) is 5.65 Å². The Labute approximate surface area is 82.8 Å². The molecule has 0 atom stereocenters. The minimum atomic E-state index is 0.696. The molecule has 0 unspecified atom stereocenters. The zero-order chi connectivity index (χ0) is 9.71. The predicted molar refractivity (Wildman–Crippen MR) is 55.2 cm³/mol. The lowest BCUT2D eigenvalue weighted by Crippen LogP contribution is -1.91. The first-order valence-electron chi connectivity index (χ1n) is 5.05. The Morgan fingerprint density at radius 2 is 2.21 bits per heavy atom. The second-order valence-electron chi connectivity index (χ2n) is 4.11. The average Bonchev–Trinajstić information content (AvgIpc) is 2.94. The number of fused-ring (bicyclic) bond motifs is 1. The Bertz CT molecular complexity index is 494. The number of rotatable bonds is 1. The van der Waals surface area contributed by atoms with Crippen LogP contribution in [0.5, 0.6) is 0 Å². The van der Waals surface area contributed by atoms with E-state index >= 15 is 0 Å². The molecule has 1 aliphatic rings. The molecule has 2 aromatic heterocycles. The first-order chi connectivity index (χ1) is 6.77. The largest absolute Gasteiger partial charge is 0.250 e. The summed E-state index contributed by atoms with van der Waals surface area (Å²) in [6, 6.07) is 2.07. The summed E-state index contributed by atoms with van der Waals surface area (Å²) in [7, 11) is 1.97. The van der Waals surface area contributed by atoms with Crippen LogP contribution < -0.4 is 0 Å². The molecule has 0 amide bonds. The molecule has 3 nitrogen and oxygen atoms in total. The predicted octanol–water partition coefficient (Wildman–Crippen LogP) is 2.15. The molecule has 3 heteroatoms. The maximum atomic E-state index is 4.57. The van der Waals surface area contributed by atoms with E-state index in [9.17, 15) is 0 Å². The third-order valence-electron chi connectivity index (χ3n) is 2.92. The number of nitrogens with zero attached hydrogens (tertiary/aromatic N) is 3. The third-order valence-corrected chi connectivity index (χ3v) is 2.92. The van der Waals surface area contributed by atoms with Crippen molar-refractivity contribution in [3.63, 3.8) is 0 Å². The van der Waals surface area contributed by atoms with Crippen molar-refractivity contribution in [2.75, 3.05) is 0 Å². The third kappa shape index (κ3) is 0.983. The highest BCUT2D eigenvalue weighted by Gasteiger charge is 2.29. The van der Waals surface area contributed by atoms with Crippen LogP contribution >= 0.6 is 0 Å². The Morgan fingerprint density at radius 3 is 2.93 bits per heavy atom. The van der Waals surface area contributed by atoms with Gasteiger partial charge in [-0.2, -0.15) is 5.10 Å². The van der Waals surface area contributed by atoms with E-state index in [0.717, 1.165) is 5.65 Å². The van der Waals surface area contributed by atoms with Gasteiger partial charge in [-0.15, -0.1) is 0 Å². The monoisotopic (exact) mass is 187 g/mol. The smallest absolute Gasteiger partial charge is 0.158 e. The quantitative estimate of drug-likeness (QED) is 0.685. The van der Waals surface area contributed by atoms with Crippen molar-refractivity contribution >= 4 is 11.0 Å². The molecular weight excluding hydrogens is 174 g/mol. The molecule has 0 bridgehead atoms. The average molecular weight is 187 g/mol. The molecule has 2 aromatic rings. The minimum absolute atomic E-state index is 0.696. The van der Waals surface area contributed by atoms with Crippen LogP contribution in [0.1, 0.15) is 30.0 Å². The number of hydrogen-bond donors (Lipinski definition) is 0. The van der Waals surface area contributed by atoms with E-state index in [4.69, 9.17) is 0 Å². The van der Waals surface area contributed by atoms with Crippen LogP contribution in [0.4, 0.5) is 0 Å². The van der Waals surface area contributed by atoms with Crippen molar-refractivity contribution in [2.45, 2.75) is 25.7 Å². The van der Waals surface area contributed by atoms with Crippen LogP contribution in [0, 0.1) is 6.92 Å². The summed E-state index contributed by atoms with van der Waals surface area (Å²) in [6.07, 6.45) is 4.44. The maximum absolute atomic E-state index is 4.57. The van der Waals surface area contributed by atoms with E-state index in [1.807, 2.05) is 17.9 Å². The lowest BCUT2D eigenvalue weighted by Gasteiger charge is -1.96. The highest BCUT2D eigenvalue weighted by molar-refractivity contribution is 5.82. The molecule has 0 saturated heterocycles. The van der Waals surface area contributed by atoms with Gasteiger partial charge in [0, 0.05) is 24.5 Å². The van der Waals surface area contributed by atoms with Gasteiger partial charge in [0.1, 0.15) is 0 Å². The SMILES string of the molecule is Cc1ccnc2c1c(C1CC1)nn2C. The topological polar surface area (TPSA) is 30.7 Å². The van der Waals surface area contributed by atoms with Gasteiger partial charge in [-0.1, -0.05) is 0 Å². The van der Waals surface area contributed by atoms with Gasteiger partial charge in [-0.05, 0) is 31.4 Å². The van der Waals surface area contributed by atoms with Gasteiger partial charge >= 0.3 is 0 Å². The summed E-state index contributed by atoms with van der Waals surface area (Å²) in [4.78, 5) is 4.37. The van der Waals surface area contributed by atoms with Crippen LogP contribution in [0.2, 0.25) is 0 Å². The summed E-state index contributed by atoms with van der Waals surface area (Å²) >= 11 is 0. The summed E-state index contributed by atoms with van der Waals surface area (Å²) in [5, 5.41) is 5.84. The second kappa shape index (κ2) is 2.56. The Balaban J connectivity index is 2.39. The van der Waals surface area contributed by atoms with Crippen molar-refractivity contribution in [3.05, 3.63) is 23.5 Å². The molecule has 0 N–H and O–H groups in total. The Hall–Kier alpha value is -1.38. The maximum Gasteiger partial charge on any atom is 0.158 e. The molecule has 2 heterocycles. The fraction of sp³-hybridized carbons (Fsp3) is 0.455. The zero-order valence-corrected chi connectivity index (χ0v) is 8.49. The molecule has 0 aliphatic heterocycles. The summed E-state index contributed by atoms with van der Waals surface area (Å²) in [6.45, 7) is 2.14. The van der Waals surface area contributed by atoms with Crippen molar-refractivity contribution in [1.29, 1.82) is 0 Å². The molecular formula is C11H13N3. The van der Waals surface area contributed by atoms with Crippen LogP contribution in [0.25, 0.3) is 11.0 Å². The number of hydrogen-bond acceptors (Lipinski definition) is 2. The van der Waals surface area contributed by atoms with Gasteiger partial charge in [-0.3, -0.25) is 4.68 Å². The standard InChI is InChI=1S/C11H13N3/c1-7-5-6-12-11-9(7)10(8-3-4-8)13-14(11)2/h5-6,8H,3-4H2,1-2H3. The molecule has 0 aromatic carbocycles. The van der Waals surface area contributed by atoms with Gasteiger partial charge in [0.2, 0.25) is 0 Å². The van der Waals surface area contributed by atoms with E-state index in [2.05, 4.69) is 23.1 Å². The Kier molecular flexibility index (Phi) is 1.46. The van der Waals surface area contributed by atoms with E-state index in [1.54, 1.807) is 0 Å². The van der Waals surface area contributed by atoms with Crippen molar-refractivity contribution < 1.29 is 0 Å². The first-order valence-corrected chi connectivity index (χ1v) is 5.05. The summed E-state index contributed by atoms with van der Waals surface area (Å²) in [5.41, 5.74) is 3.57. The molecule has 1 saturated carbocycles. The van der Waals surface area contributed by atoms with Gasteiger partial charge in [0.25, 0.3) is 0 Å². The van der Waals surface area contributed by atoms with Gasteiger partial charge < -0.3 is 0 Å². The van der Waals surface area contributed by atoms with Gasteiger partial charge in [-0.25, -0.2) is 4.98 Å². The van der Waals surface area contributed by atoms with Crippen LogP contribution in [-0.4, -0.2) is 14.8 Å².